The SMILES string of the molecule is CC(C)CN(C=O)c1ccc2[nH]nc(-c3cc4ccccc4o3)c2c1. The molecule has 1 N–H and O–H groups in total. The average Bonchev–Trinajstić information content (AvgIpc) is 3.22. The van der Waals surface area contributed by atoms with E-state index < -0.39 is 0 Å². The van der Waals surface area contributed by atoms with Crippen LogP contribution in [0, 0.1) is 5.92 Å². The van der Waals surface area contributed by atoms with Crippen LogP contribution < -0.4 is 4.90 Å². The second kappa shape index (κ2) is 6.09. The molecule has 4 aromatic rings. The summed E-state index contributed by atoms with van der Waals surface area (Å²) in [6.45, 7) is 4.85. The number of hydrogen-bond acceptors (Lipinski definition) is 3. The lowest BCUT2D eigenvalue weighted by molar-refractivity contribution is -0.107. The Bertz CT molecular complexity index is 1010. The quantitative estimate of drug-likeness (QED) is 0.543. The zero-order chi connectivity index (χ0) is 17.4. The van der Waals surface area contributed by atoms with Gasteiger partial charge in [-0.05, 0) is 36.2 Å². The van der Waals surface area contributed by atoms with Crippen LogP contribution in [0.25, 0.3) is 33.3 Å². The minimum absolute atomic E-state index is 0.389. The van der Waals surface area contributed by atoms with Gasteiger partial charge in [-0.2, -0.15) is 5.10 Å². The zero-order valence-electron chi connectivity index (χ0n) is 14.2. The van der Waals surface area contributed by atoms with E-state index in [0.29, 0.717) is 18.2 Å². The average molecular weight is 333 g/mol. The molecule has 4 rings (SSSR count). The van der Waals surface area contributed by atoms with Crippen LogP contribution in [0.4, 0.5) is 5.69 Å². The summed E-state index contributed by atoms with van der Waals surface area (Å²) in [7, 11) is 0. The van der Waals surface area contributed by atoms with Gasteiger partial charge < -0.3 is 9.32 Å². The Morgan fingerprint density at radius 2 is 2.04 bits per heavy atom. The van der Waals surface area contributed by atoms with Crippen LogP contribution in [0.5, 0.6) is 0 Å². The molecular weight excluding hydrogens is 314 g/mol. The molecule has 0 atom stereocenters. The molecular formula is C20H19N3O2. The Labute approximate surface area is 145 Å². The van der Waals surface area contributed by atoms with E-state index in [4.69, 9.17) is 4.42 Å². The Morgan fingerprint density at radius 3 is 2.80 bits per heavy atom. The van der Waals surface area contributed by atoms with Crippen molar-refractivity contribution >= 4 is 34.0 Å². The number of benzene rings is 2. The highest BCUT2D eigenvalue weighted by Crippen LogP contribution is 2.33. The van der Waals surface area contributed by atoms with Gasteiger partial charge in [-0.1, -0.05) is 32.0 Å². The number of hydrogen-bond donors (Lipinski definition) is 1. The predicted octanol–water partition coefficient (Wildman–Crippen LogP) is 4.59. The predicted molar refractivity (Wildman–Crippen MR) is 99.5 cm³/mol. The summed E-state index contributed by atoms with van der Waals surface area (Å²) in [5.74, 6) is 1.10. The number of furan rings is 1. The monoisotopic (exact) mass is 333 g/mol. The molecule has 0 aliphatic heterocycles. The third-order valence-electron chi connectivity index (χ3n) is 4.23. The van der Waals surface area contributed by atoms with Crippen LogP contribution >= 0.6 is 0 Å². The standard InChI is InChI=1S/C20H19N3O2/c1-13(2)11-23(12-24)15-7-8-17-16(10-15)20(22-21-17)19-9-14-5-3-4-6-18(14)25-19/h3-10,12-13H,11H2,1-2H3,(H,21,22). The van der Waals surface area contributed by atoms with Crippen molar-refractivity contribution in [3.05, 3.63) is 48.5 Å². The summed E-state index contributed by atoms with van der Waals surface area (Å²) >= 11 is 0. The first-order valence-corrected chi connectivity index (χ1v) is 8.34. The smallest absolute Gasteiger partial charge is 0.214 e. The molecule has 126 valence electrons. The molecule has 5 nitrogen and oxygen atoms in total. The highest BCUT2D eigenvalue weighted by atomic mass is 16.3. The Balaban J connectivity index is 1.82. The first kappa shape index (κ1) is 15.4. The van der Waals surface area contributed by atoms with E-state index in [1.807, 2.05) is 48.5 Å². The van der Waals surface area contributed by atoms with E-state index in [2.05, 4.69) is 24.0 Å². The molecule has 5 heteroatoms. The molecule has 25 heavy (non-hydrogen) atoms. The summed E-state index contributed by atoms with van der Waals surface area (Å²) in [5.41, 5.74) is 3.35. The zero-order valence-corrected chi connectivity index (χ0v) is 14.2. The minimum Gasteiger partial charge on any atom is -0.454 e. The lowest BCUT2D eigenvalue weighted by Gasteiger charge is -2.19. The second-order valence-corrected chi connectivity index (χ2v) is 6.60. The number of carbonyl (C=O) groups excluding carboxylic acids is 1. The van der Waals surface area contributed by atoms with Gasteiger partial charge in [0, 0.05) is 23.0 Å². The fraction of sp³-hybridized carbons (Fsp3) is 0.200. The number of fused-ring (bicyclic) bond motifs is 2. The van der Waals surface area contributed by atoms with E-state index in [1.54, 1.807) is 4.90 Å². The van der Waals surface area contributed by atoms with Gasteiger partial charge in [-0.25, -0.2) is 0 Å². The number of carbonyl (C=O) groups is 1. The van der Waals surface area contributed by atoms with Crippen molar-refractivity contribution in [3.63, 3.8) is 0 Å². The molecule has 0 aliphatic carbocycles. The van der Waals surface area contributed by atoms with E-state index in [9.17, 15) is 4.79 Å². The lowest BCUT2D eigenvalue weighted by Crippen LogP contribution is -2.25. The van der Waals surface area contributed by atoms with Gasteiger partial charge in [-0.15, -0.1) is 0 Å². The Kier molecular flexibility index (Phi) is 3.76. The van der Waals surface area contributed by atoms with Gasteiger partial charge in [0.15, 0.2) is 5.76 Å². The van der Waals surface area contributed by atoms with E-state index in [0.717, 1.165) is 39.7 Å². The van der Waals surface area contributed by atoms with Crippen LogP contribution in [-0.4, -0.2) is 23.2 Å². The normalized spacial score (nSPS) is 11.5. The maximum absolute atomic E-state index is 11.5. The molecule has 2 aromatic carbocycles. The molecule has 0 saturated carbocycles. The van der Waals surface area contributed by atoms with Crippen LogP contribution in [0.3, 0.4) is 0 Å². The highest BCUT2D eigenvalue weighted by molar-refractivity contribution is 5.97. The third kappa shape index (κ3) is 2.78. The maximum Gasteiger partial charge on any atom is 0.214 e. The lowest BCUT2D eigenvalue weighted by atomic mass is 10.1. The number of para-hydroxylation sites is 1. The number of nitrogens with zero attached hydrogens (tertiary/aromatic N) is 2. The van der Waals surface area contributed by atoms with Gasteiger partial charge in [-0.3, -0.25) is 9.89 Å². The van der Waals surface area contributed by atoms with Crippen LogP contribution in [0.1, 0.15) is 13.8 Å². The fourth-order valence-corrected chi connectivity index (χ4v) is 3.07. The molecule has 0 aliphatic rings. The topological polar surface area (TPSA) is 62.1 Å². The van der Waals surface area contributed by atoms with Gasteiger partial charge in [0.1, 0.15) is 11.3 Å². The van der Waals surface area contributed by atoms with Gasteiger partial charge in [0.25, 0.3) is 0 Å². The number of amides is 1. The van der Waals surface area contributed by atoms with Crippen molar-refractivity contribution in [1.29, 1.82) is 0 Å². The number of H-pyrrole nitrogens is 1. The van der Waals surface area contributed by atoms with Crippen LogP contribution in [0.15, 0.2) is 52.9 Å². The van der Waals surface area contributed by atoms with Crippen molar-refractivity contribution in [1.82, 2.24) is 10.2 Å². The molecule has 2 heterocycles. The van der Waals surface area contributed by atoms with Gasteiger partial charge in [0.2, 0.25) is 6.41 Å². The molecule has 0 unspecified atom stereocenters. The van der Waals surface area contributed by atoms with E-state index in [1.165, 1.54) is 0 Å². The molecule has 0 spiro atoms. The number of anilines is 1. The molecule has 2 aromatic heterocycles. The third-order valence-corrected chi connectivity index (χ3v) is 4.23. The van der Waals surface area contributed by atoms with Crippen molar-refractivity contribution < 1.29 is 9.21 Å². The molecule has 0 bridgehead atoms. The van der Waals surface area contributed by atoms with Crippen molar-refractivity contribution in [2.24, 2.45) is 5.92 Å². The van der Waals surface area contributed by atoms with Gasteiger partial charge in [0.05, 0.1) is 5.52 Å². The van der Waals surface area contributed by atoms with Crippen molar-refractivity contribution in [2.75, 3.05) is 11.4 Å². The number of nitrogens with one attached hydrogen (secondary N) is 1. The summed E-state index contributed by atoms with van der Waals surface area (Å²) < 4.78 is 5.95. The fourth-order valence-electron chi connectivity index (χ4n) is 3.07. The summed E-state index contributed by atoms with van der Waals surface area (Å²) in [5, 5.41) is 9.44. The van der Waals surface area contributed by atoms with E-state index in [-0.39, 0.29) is 0 Å². The van der Waals surface area contributed by atoms with Crippen LogP contribution in [-0.2, 0) is 4.79 Å². The Morgan fingerprint density at radius 1 is 1.20 bits per heavy atom. The summed E-state index contributed by atoms with van der Waals surface area (Å²) in [6.07, 6.45) is 0.877. The maximum atomic E-state index is 11.5. The Hall–Kier alpha value is -3.08. The summed E-state index contributed by atoms with van der Waals surface area (Å²) in [6, 6.07) is 15.7. The second-order valence-electron chi connectivity index (χ2n) is 6.60. The number of aromatic amines is 1. The summed E-state index contributed by atoms with van der Waals surface area (Å²) in [4.78, 5) is 13.2. The molecule has 0 radical (unpaired) electrons. The largest absolute Gasteiger partial charge is 0.454 e. The van der Waals surface area contributed by atoms with Gasteiger partial charge >= 0.3 is 0 Å². The van der Waals surface area contributed by atoms with Crippen LogP contribution in [0.2, 0.25) is 0 Å². The number of aromatic nitrogens is 2. The highest BCUT2D eigenvalue weighted by Gasteiger charge is 2.15. The van der Waals surface area contributed by atoms with E-state index >= 15 is 0 Å². The molecule has 0 saturated heterocycles. The minimum atomic E-state index is 0.389. The van der Waals surface area contributed by atoms with Crippen molar-refractivity contribution in [3.8, 4) is 11.5 Å². The first-order chi connectivity index (χ1) is 12.2. The molecule has 0 fully saturated rings. The molecule has 1 amide bonds. The van der Waals surface area contributed by atoms with Crippen molar-refractivity contribution in [2.45, 2.75) is 13.8 Å². The first-order valence-electron chi connectivity index (χ1n) is 8.34. The number of rotatable bonds is 5.